The molecule has 0 amide bonds. The second-order valence-corrected chi connectivity index (χ2v) is 43.7. The van der Waals surface area contributed by atoms with Crippen LogP contribution in [0.2, 0.25) is 85.6 Å². The van der Waals surface area contributed by atoms with Gasteiger partial charge in [0, 0.05) is 0 Å². The van der Waals surface area contributed by atoms with Crippen molar-refractivity contribution in [3.63, 3.8) is 0 Å². The van der Waals surface area contributed by atoms with Gasteiger partial charge in [0.15, 0.2) is 0 Å². The molecule has 0 N–H and O–H groups in total. The van der Waals surface area contributed by atoms with Gasteiger partial charge >= 0.3 is 172 Å². The zero-order chi connectivity index (χ0) is 20.7. The van der Waals surface area contributed by atoms with Gasteiger partial charge in [-0.1, -0.05) is 0 Å². The van der Waals surface area contributed by atoms with Gasteiger partial charge in [-0.2, -0.15) is 0 Å². The monoisotopic (exact) mass is 474 g/mol. The Morgan fingerprint density at radius 2 is 0.560 bits per heavy atom. The molecule has 0 aromatic heterocycles. The van der Waals surface area contributed by atoms with E-state index < -0.39 is 32.3 Å². The molecule has 0 nitrogen and oxygen atoms in total. The fourth-order valence-corrected chi connectivity index (χ4v) is 56.3. The van der Waals surface area contributed by atoms with E-state index in [1.165, 1.54) is 0 Å². The Morgan fingerprint density at radius 1 is 0.400 bits per heavy atom. The standard InChI is InChI=1S/C20H48GeSi4/c1-17(2)18(3,4)20(24(11,12)13,25(14,15)16)21-19(17,22(5,6)7)23(8,9)10/h1-16H3. The zero-order valence-electron chi connectivity index (χ0n) is 20.5. The summed E-state index contributed by atoms with van der Waals surface area (Å²) in [5, 5.41) is 0. The molecule has 0 bridgehead atoms. The summed E-state index contributed by atoms with van der Waals surface area (Å²) in [7, 11) is -5.28. The molecule has 0 spiro atoms. The maximum absolute atomic E-state index is 2.73. The first kappa shape index (κ1) is 24.4. The van der Waals surface area contributed by atoms with Crippen molar-refractivity contribution in [2.24, 2.45) is 10.8 Å². The molecule has 0 atom stereocenters. The van der Waals surface area contributed by atoms with E-state index in [1.54, 1.807) is 0 Å². The van der Waals surface area contributed by atoms with E-state index in [0.29, 0.717) is 10.8 Å². The van der Waals surface area contributed by atoms with Crippen LogP contribution >= 0.6 is 0 Å². The van der Waals surface area contributed by atoms with Crippen LogP contribution in [-0.2, 0) is 0 Å². The van der Waals surface area contributed by atoms with Gasteiger partial charge in [0.25, 0.3) is 0 Å². The van der Waals surface area contributed by atoms with Gasteiger partial charge in [0.2, 0.25) is 0 Å². The van der Waals surface area contributed by atoms with E-state index in [2.05, 4.69) is 106 Å². The first-order valence-electron chi connectivity index (χ1n) is 10.2. The molecule has 1 aliphatic rings. The minimum atomic E-state index is -1.32. The van der Waals surface area contributed by atoms with Gasteiger partial charge in [0.1, 0.15) is 0 Å². The summed E-state index contributed by atoms with van der Waals surface area (Å²) in [5.74, 6) is 0. The normalized spacial score (nSPS) is 25.9. The predicted molar refractivity (Wildman–Crippen MR) is 132 cm³/mol. The van der Waals surface area contributed by atoms with Crippen LogP contribution in [0.15, 0.2) is 0 Å². The maximum atomic E-state index is 2.73. The molecular formula is C20H48GeSi4. The molecule has 1 rings (SSSR count). The Labute approximate surface area is 171 Å². The van der Waals surface area contributed by atoms with Crippen LogP contribution in [0.3, 0.4) is 0 Å². The predicted octanol–water partition coefficient (Wildman–Crippen LogP) is 7.58. The van der Waals surface area contributed by atoms with Crippen LogP contribution in [0, 0.1) is 10.8 Å². The van der Waals surface area contributed by atoms with E-state index in [1.807, 2.05) is 0 Å². The van der Waals surface area contributed by atoms with Gasteiger partial charge in [-0.25, -0.2) is 0 Å². The Morgan fingerprint density at radius 3 is 0.640 bits per heavy atom. The molecule has 0 aliphatic carbocycles. The van der Waals surface area contributed by atoms with Crippen molar-refractivity contribution in [1.29, 1.82) is 0 Å². The van der Waals surface area contributed by atoms with Crippen molar-refractivity contribution in [3.05, 3.63) is 0 Å². The summed E-state index contributed by atoms with van der Waals surface area (Å²) in [4.78, 5) is 0. The van der Waals surface area contributed by atoms with Crippen molar-refractivity contribution in [2.45, 2.75) is 113 Å². The second-order valence-electron chi connectivity index (χ2n) is 13.9. The molecule has 2 radical (unpaired) electrons. The van der Waals surface area contributed by atoms with Crippen LogP contribution in [0.25, 0.3) is 0 Å². The molecule has 1 fully saturated rings. The summed E-state index contributed by atoms with van der Waals surface area (Å²) in [6.07, 6.45) is 0. The summed E-state index contributed by atoms with van der Waals surface area (Å²) in [6, 6.07) is 0. The molecule has 1 aliphatic heterocycles. The Balaban J connectivity index is 4.12. The topological polar surface area (TPSA) is 0 Å². The van der Waals surface area contributed by atoms with Gasteiger partial charge < -0.3 is 0 Å². The SMILES string of the molecule is CC1(C)C(C)(C)[C]([Si](C)(C)C)([Si](C)(C)C)[Ge][C]1([Si](C)(C)C)[Si](C)(C)C. The Kier molecular flexibility index (Phi) is 5.83. The van der Waals surface area contributed by atoms with E-state index in [9.17, 15) is 0 Å². The van der Waals surface area contributed by atoms with Gasteiger partial charge in [-0.3, -0.25) is 0 Å². The quantitative estimate of drug-likeness (QED) is 0.369. The van der Waals surface area contributed by atoms with Crippen LogP contribution < -0.4 is 0 Å². The van der Waals surface area contributed by atoms with Crippen molar-refractivity contribution in [1.82, 2.24) is 0 Å². The first-order chi connectivity index (χ1) is 10.5. The third-order valence-corrected chi connectivity index (χ3v) is 54.5. The number of hydrogen-bond donors (Lipinski definition) is 0. The summed E-state index contributed by atoms with van der Waals surface area (Å²) >= 11 is -0.0448. The van der Waals surface area contributed by atoms with Crippen LogP contribution in [0.1, 0.15) is 27.7 Å². The second kappa shape index (κ2) is 5.96. The average molecular weight is 474 g/mol. The number of rotatable bonds is 4. The molecule has 5 heteroatoms. The fourth-order valence-electron chi connectivity index (χ4n) is 8.28. The van der Waals surface area contributed by atoms with Crippen molar-refractivity contribution in [2.75, 3.05) is 0 Å². The summed E-state index contributed by atoms with van der Waals surface area (Å²) in [6.45, 7) is 43.7. The van der Waals surface area contributed by atoms with Crippen LogP contribution in [0.5, 0.6) is 0 Å². The summed E-state index contributed by atoms with van der Waals surface area (Å²) in [5.41, 5.74) is 0.936. The van der Waals surface area contributed by atoms with E-state index >= 15 is 0 Å². The van der Waals surface area contributed by atoms with Crippen molar-refractivity contribution < 1.29 is 0 Å². The van der Waals surface area contributed by atoms with Crippen molar-refractivity contribution in [3.8, 4) is 0 Å². The third-order valence-electron chi connectivity index (χ3n) is 8.31. The molecule has 0 unspecified atom stereocenters. The average Bonchev–Trinajstić information content (AvgIpc) is 2.36. The Hall–Kier alpha value is 1.41. The van der Waals surface area contributed by atoms with E-state index in [-0.39, 0.29) is 15.4 Å². The van der Waals surface area contributed by atoms with Gasteiger partial charge in [-0.15, -0.1) is 0 Å². The van der Waals surface area contributed by atoms with Gasteiger partial charge in [-0.05, 0) is 0 Å². The van der Waals surface area contributed by atoms with Gasteiger partial charge in [0.05, 0.1) is 0 Å². The number of hydrogen-bond acceptors (Lipinski definition) is 0. The zero-order valence-corrected chi connectivity index (χ0v) is 26.6. The molecule has 25 heavy (non-hydrogen) atoms. The fraction of sp³-hybridized carbons (Fsp3) is 1.00. The molecule has 148 valence electrons. The van der Waals surface area contributed by atoms with E-state index in [4.69, 9.17) is 0 Å². The van der Waals surface area contributed by atoms with Crippen molar-refractivity contribution >= 4 is 47.7 Å². The van der Waals surface area contributed by atoms with Crippen LogP contribution in [-0.4, -0.2) is 47.7 Å². The third kappa shape index (κ3) is 2.81. The molecule has 1 heterocycles. The van der Waals surface area contributed by atoms with Crippen LogP contribution in [0.4, 0.5) is 0 Å². The Bertz CT molecular complexity index is 446. The molecular weight excluding hydrogens is 425 g/mol. The summed E-state index contributed by atoms with van der Waals surface area (Å²) < 4.78 is 1.44. The minimum absolute atomic E-state index is 0.0448. The molecule has 0 aromatic rings. The molecule has 0 aromatic carbocycles. The molecule has 1 saturated heterocycles. The van der Waals surface area contributed by atoms with E-state index in [0.717, 1.165) is 6.99 Å². The molecule has 0 saturated carbocycles. The first-order valence-corrected chi connectivity index (χ1v) is 26.3.